The fourth-order valence-corrected chi connectivity index (χ4v) is 0.597. The molecule has 0 aromatic rings. The maximum Gasteiger partial charge on any atom is 0.233 e. The third kappa shape index (κ3) is 5.78. The van der Waals surface area contributed by atoms with Gasteiger partial charge in [-0.15, -0.1) is 0 Å². The summed E-state index contributed by atoms with van der Waals surface area (Å²) in [6, 6.07) is 1.78. The fourth-order valence-electron chi connectivity index (χ4n) is 0.597. The van der Waals surface area contributed by atoms with E-state index in [1.807, 2.05) is 0 Å². The van der Waals surface area contributed by atoms with Crippen molar-refractivity contribution in [2.45, 2.75) is 25.6 Å². The molecule has 3 unspecified atom stereocenters. The predicted octanol–water partition coefficient (Wildman–Crippen LogP) is 1.53. The lowest BCUT2D eigenvalue weighted by atomic mass is 10.4. The van der Waals surface area contributed by atoms with Gasteiger partial charge in [0.2, 0.25) is 6.36 Å². The zero-order chi connectivity index (χ0) is 11.0. The zero-order valence-corrected chi connectivity index (χ0v) is 7.75. The summed E-state index contributed by atoms with van der Waals surface area (Å²) in [5.74, 6) is 0. The summed E-state index contributed by atoms with van der Waals surface area (Å²) in [4.78, 5) is 0. The van der Waals surface area contributed by atoms with Crippen molar-refractivity contribution in [2.75, 3.05) is 19.9 Å². The third-order valence-electron chi connectivity index (χ3n) is 1.34. The van der Waals surface area contributed by atoms with Crippen LogP contribution in [0.1, 0.15) is 6.92 Å². The van der Waals surface area contributed by atoms with Gasteiger partial charge in [0.25, 0.3) is 0 Å². The van der Waals surface area contributed by atoms with Crippen molar-refractivity contribution in [1.82, 2.24) is 0 Å². The molecule has 0 aliphatic carbocycles. The SMILES string of the molecule is CC(C#N)OCCOC(F)C(F)CF. The molecule has 14 heavy (non-hydrogen) atoms. The molecule has 0 aromatic heterocycles. The fraction of sp³-hybridized carbons (Fsp3) is 0.875. The van der Waals surface area contributed by atoms with Gasteiger partial charge in [-0.3, -0.25) is 0 Å². The van der Waals surface area contributed by atoms with Crippen molar-refractivity contribution in [1.29, 1.82) is 5.26 Å². The van der Waals surface area contributed by atoms with Crippen molar-refractivity contribution in [3.63, 3.8) is 0 Å². The number of nitriles is 1. The van der Waals surface area contributed by atoms with Gasteiger partial charge in [0.05, 0.1) is 19.3 Å². The van der Waals surface area contributed by atoms with Crippen LogP contribution >= 0.6 is 0 Å². The van der Waals surface area contributed by atoms with E-state index in [-0.39, 0.29) is 13.2 Å². The van der Waals surface area contributed by atoms with Crippen LogP contribution in [0, 0.1) is 11.3 Å². The first-order valence-electron chi connectivity index (χ1n) is 4.08. The highest BCUT2D eigenvalue weighted by Crippen LogP contribution is 2.06. The standard InChI is InChI=1S/C8H12F3NO2/c1-6(5-12)13-2-3-14-8(11)7(10)4-9/h6-8H,2-4H2,1H3. The van der Waals surface area contributed by atoms with Crippen molar-refractivity contribution in [3.05, 3.63) is 0 Å². The topological polar surface area (TPSA) is 42.2 Å². The maximum absolute atomic E-state index is 12.4. The highest BCUT2D eigenvalue weighted by Gasteiger charge is 2.20. The van der Waals surface area contributed by atoms with Gasteiger partial charge in [0.15, 0.2) is 6.17 Å². The number of hydrogen-bond acceptors (Lipinski definition) is 3. The first-order valence-corrected chi connectivity index (χ1v) is 4.08. The molecule has 6 heteroatoms. The normalized spacial score (nSPS) is 17.1. The maximum atomic E-state index is 12.4. The van der Waals surface area contributed by atoms with Crippen molar-refractivity contribution in [2.24, 2.45) is 0 Å². The Bertz CT molecular complexity index is 186. The monoisotopic (exact) mass is 211 g/mol. The Morgan fingerprint density at radius 2 is 1.86 bits per heavy atom. The van der Waals surface area contributed by atoms with Crippen molar-refractivity contribution < 1.29 is 22.6 Å². The quantitative estimate of drug-likeness (QED) is 0.600. The van der Waals surface area contributed by atoms with Gasteiger partial charge in [0, 0.05) is 0 Å². The molecule has 0 bridgehead atoms. The number of ether oxygens (including phenoxy) is 2. The average Bonchev–Trinajstić information content (AvgIpc) is 2.22. The average molecular weight is 211 g/mol. The van der Waals surface area contributed by atoms with E-state index in [2.05, 4.69) is 4.74 Å². The lowest BCUT2D eigenvalue weighted by Crippen LogP contribution is -2.24. The minimum absolute atomic E-state index is 0.0336. The Morgan fingerprint density at radius 1 is 1.29 bits per heavy atom. The molecular weight excluding hydrogens is 199 g/mol. The molecule has 0 spiro atoms. The largest absolute Gasteiger partial charge is 0.361 e. The molecule has 82 valence electrons. The molecule has 3 atom stereocenters. The molecule has 0 N–H and O–H groups in total. The van der Waals surface area contributed by atoms with Gasteiger partial charge in [-0.1, -0.05) is 0 Å². The van der Waals surface area contributed by atoms with Crippen molar-refractivity contribution >= 4 is 0 Å². The smallest absolute Gasteiger partial charge is 0.233 e. The molecule has 0 heterocycles. The second kappa shape index (κ2) is 7.59. The summed E-state index contributed by atoms with van der Waals surface area (Å²) in [7, 11) is 0. The second-order valence-electron chi connectivity index (χ2n) is 2.53. The molecule has 0 amide bonds. The van der Waals surface area contributed by atoms with E-state index in [0.717, 1.165) is 0 Å². The minimum Gasteiger partial charge on any atom is -0.361 e. The van der Waals surface area contributed by atoms with Crippen LogP contribution in [-0.2, 0) is 9.47 Å². The van der Waals surface area contributed by atoms with Gasteiger partial charge in [-0.05, 0) is 6.92 Å². The Kier molecular flexibility index (Phi) is 7.16. The van der Waals surface area contributed by atoms with Crippen LogP contribution in [0.5, 0.6) is 0 Å². The molecule has 0 aromatic carbocycles. The van der Waals surface area contributed by atoms with E-state index in [1.54, 1.807) is 6.07 Å². The number of alkyl halides is 3. The second-order valence-corrected chi connectivity index (χ2v) is 2.53. The van der Waals surface area contributed by atoms with E-state index in [0.29, 0.717) is 0 Å². The van der Waals surface area contributed by atoms with Gasteiger partial charge in [-0.25, -0.2) is 13.2 Å². The van der Waals surface area contributed by atoms with Gasteiger partial charge in [0.1, 0.15) is 12.8 Å². The predicted molar refractivity (Wildman–Crippen MR) is 42.7 cm³/mol. The molecule has 0 saturated heterocycles. The summed E-state index contributed by atoms with van der Waals surface area (Å²) in [6.07, 6.45) is -5.16. The van der Waals surface area contributed by atoms with Crippen LogP contribution in [0.2, 0.25) is 0 Å². The molecule has 0 radical (unpaired) electrons. The van der Waals surface area contributed by atoms with E-state index in [1.165, 1.54) is 6.92 Å². The van der Waals surface area contributed by atoms with E-state index in [4.69, 9.17) is 10.00 Å². The first-order chi connectivity index (χ1) is 6.61. The molecule has 0 fully saturated rings. The Hall–Kier alpha value is -0.800. The van der Waals surface area contributed by atoms with Crippen LogP contribution in [0.3, 0.4) is 0 Å². The summed E-state index contributed by atoms with van der Waals surface area (Å²) in [6.45, 7) is -0.162. The molecule has 0 saturated carbocycles. The number of rotatable bonds is 7. The minimum atomic E-state index is -2.28. The van der Waals surface area contributed by atoms with Crippen LogP contribution < -0.4 is 0 Å². The third-order valence-corrected chi connectivity index (χ3v) is 1.34. The zero-order valence-electron chi connectivity index (χ0n) is 7.75. The summed E-state index contributed by atoms with van der Waals surface area (Å²) in [5, 5.41) is 8.27. The van der Waals surface area contributed by atoms with Gasteiger partial charge < -0.3 is 9.47 Å². The first kappa shape index (κ1) is 13.2. The Labute approximate surface area is 80.4 Å². The highest BCUT2D eigenvalue weighted by molar-refractivity contribution is 4.78. The van der Waals surface area contributed by atoms with Crippen LogP contribution in [0.4, 0.5) is 13.2 Å². The Balaban J connectivity index is 3.41. The number of nitrogens with zero attached hydrogens (tertiary/aromatic N) is 1. The molecule has 3 nitrogen and oxygen atoms in total. The van der Waals surface area contributed by atoms with Gasteiger partial charge in [-0.2, -0.15) is 5.26 Å². The molecular formula is C8H12F3NO2. The van der Waals surface area contributed by atoms with E-state index >= 15 is 0 Å². The Morgan fingerprint density at radius 3 is 2.36 bits per heavy atom. The summed E-state index contributed by atoms with van der Waals surface area (Å²) in [5.41, 5.74) is 0. The lowest BCUT2D eigenvalue weighted by molar-refractivity contribution is -0.106. The molecule has 0 aliphatic rings. The van der Waals surface area contributed by atoms with Crippen LogP contribution in [-0.4, -0.2) is 38.5 Å². The molecule has 0 rings (SSSR count). The summed E-state index contributed by atoms with van der Waals surface area (Å²) < 4.78 is 45.3. The highest BCUT2D eigenvalue weighted by atomic mass is 19.2. The molecule has 0 aliphatic heterocycles. The van der Waals surface area contributed by atoms with E-state index < -0.39 is 25.3 Å². The number of hydrogen-bond donors (Lipinski definition) is 0. The van der Waals surface area contributed by atoms with Crippen LogP contribution in [0.15, 0.2) is 0 Å². The van der Waals surface area contributed by atoms with E-state index in [9.17, 15) is 13.2 Å². The summed E-state index contributed by atoms with van der Waals surface area (Å²) >= 11 is 0. The van der Waals surface area contributed by atoms with Crippen molar-refractivity contribution in [3.8, 4) is 6.07 Å². The van der Waals surface area contributed by atoms with Crippen LogP contribution in [0.25, 0.3) is 0 Å². The van der Waals surface area contributed by atoms with Gasteiger partial charge >= 0.3 is 0 Å². The number of halogens is 3. The lowest BCUT2D eigenvalue weighted by Gasteiger charge is -2.12.